The number of hydrogen-bond donors (Lipinski definition) is 1. The van der Waals surface area contributed by atoms with Gasteiger partial charge in [-0.3, -0.25) is 9.78 Å². The van der Waals surface area contributed by atoms with Crippen LogP contribution < -0.4 is 5.32 Å². The summed E-state index contributed by atoms with van der Waals surface area (Å²) in [5.41, 5.74) is 0.843. The first-order valence-corrected chi connectivity index (χ1v) is 9.47. The van der Waals surface area contributed by atoms with Gasteiger partial charge in [0.1, 0.15) is 0 Å². The van der Waals surface area contributed by atoms with Gasteiger partial charge in [-0.1, -0.05) is 23.4 Å². The van der Waals surface area contributed by atoms with Gasteiger partial charge < -0.3 is 9.84 Å². The first-order chi connectivity index (χ1) is 12.8. The first kappa shape index (κ1) is 18.1. The van der Waals surface area contributed by atoms with Gasteiger partial charge in [-0.25, -0.2) is 0 Å². The third-order valence-electron chi connectivity index (χ3n) is 3.63. The summed E-state index contributed by atoms with van der Waals surface area (Å²) >= 11 is 1.79. The summed E-state index contributed by atoms with van der Waals surface area (Å²) in [5, 5.41) is 6.86. The second-order valence-electron chi connectivity index (χ2n) is 5.61. The molecule has 0 saturated heterocycles. The van der Waals surface area contributed by atoms with Crippen LogP contribution in [0.25, 0.3) is 11.4 Å². The van der Waals surface area contributed by atoms with Crippen LogP contribution in [-0.2, 0) is 11.2 Å². The Labute approximate surface area is 156 Å². The molecule has 0 aliphatic carbocycles. The molecule has 0 unspecified atom stereocenters. The van der Waals surface area contributed by atoms with Gasteiger partial charge in [0.05, 0.1) is 0 Å². The second kappa shape index (κ2) is 9.72. The third kappa shape index (κ3) is 5.70. The number of rotatable bonds is 9. The SMILES string of the molecule is O=C(CCc1nc(-c2ccncc2)no1)NCCCSc1ccccc1. The smallest absolute Gasteiger partial charge is 0.227 e. The normalized spacial score (nSPS) is 10.6. The number of benzene rings is 1. The lowest BCUT2D eigenvalue weighted by molar-refractivity contribution is -0.121. The molecule has 0 spiro atoms. The van der Waals surface area contributed by atoms with Gasteiger partial charge in [-0.2, -0.15) is 4.98 Å². The largest absolute Gasteiger partial charge is 0.356 e. The zero-order valence-corrected chi connectivity index (χ0v) is 15.1. The van der Waals surface area contributed by atoms with Crippen molar-refractivity contribution in [2.45, 2.75) is 24.2 Å². The Morgan fingerprint density at radius 2 is 1.92 bits per heavy atom. The fraction of sp³-hybridized carbons (Fsp3) is 0.263. The molecule has 7 heteroatoms. The number of carbonyl (C=O) groups excluding carboxylic acids is 1. The van der Waals surface area contributed by atoms with Gasteiger partial charge in [0.15, 0.2) is 0 Å². The molecule has 0 bridgehead atoms. The minimum Gasteiger partial charge on any atom is -0.356 e. The van der Waals surface area contributed by atoms with Crippen molar-refractivity contribution in [3.63, 3.8) is 0 Å². The molecular formula is C19H20N4O2S. The average molecular weight is 368 g/mol. The van der Waals surface area contributed by atoms with Crippen LogP contribution in [0.3, 0.4) is 0 Å². The minimum atomic E-state index is -0.00151. The molecule has 134 valence electrons. The molecule has 3 rings (SSSR count). The van der Waals surface area contributed by atoms with Crippen LogP contribution >= 0.6 is 11.8 Å². The van der Waals surface area contributed by atoms with Crippen LogP contribution in [0.1, 0.15) is 18.7 Å². The van der Waals surface area contributed by atoms with Crippen molar-refractivity contribution in [1.82, 2.24) is 20.4 Å². The molecule has 2 heterocycles. The van der Waals surface area contributed by atoms with E-state index in [4.69, 9.17) is 4.52 Å². The first-order valence-electron chi connectivity index (χ1n) is 8.49. The summed E-state index contributed by atoms with van der Waals surface area (Å²) in [6, 6.07) is 13.9. The number of carbonyl (C=O) groups is 1. The molecule has 3 aromatic rings. The van der Waals surface area contributed by atoms with Crippen molar-refractivity contribution >= 4 is 17.7 Å². The Hall–Kier alpha value is -2.67. The van der Waals surface area contributed by atoms with Gasteiger partial charge in [-0.15, -0.1) is 11.8 Å². The number of pyridine rings is 1. The van der Waals surface area contributed by atoms with Gasteiger partial charge >= 0.3 is 0 Å². The van der Waals surface area contributed by atoms with E-state index in [-0.39, 0.29) is 5.91 Å². The van der Waals surface area contributed by atoms with Crippen LogP contribution in [0, 0.1) is 0 Å². The summed E-state index contributed by atoms with van der Waals surface area (Å²) < 4.78 is 5.20. The van der Waals surface area contributed by atoms with Crippen LogP contribution in [0.4, 0.5) is 0 Å². The van der Waals surface area contributed by atoms with Gasteiger partial charge in [0, 0.05) is 42.2 Å². The quantitative estimate of drug-likeness (QED) is 0.461. The number of aryl methyl sites for hydroxylation is 1. The molecule has 6 nitrogen and oxygen atoms in total. The maximum Gasteiger partial charge on any atom is 0.227 e. The van der Waals surface area contributed by atoms with E-state index in [1.807, 2.05) is 30.3 Å². The topological polar surface area (TPSA) is 80.9 Å². The maximum absolute atomic E-state index is 11.9. The van der Waals surface area contributed by atoms with E-state index in [9.17, 15) is 4.79 Å². The summed E-state index contributed by atoms with van der Waals surface area (Å²) in [6.45, 7) is 0.671. The number of amides is 1. The van der Waals surface area contributed by atoms with E-state index < -0.39 is 0 Å². The summed E-state index contributed by atoms with van der Waals surface area (Å²) in [4.78, 5) is 21.4. The molecule has 1 N–H and O–H groups in total. The third-order valence-corrected chi connectivity index (χ3v) is 4.73. The van der Waals surface area contributed by atoms with E-state index in [1.165, 1.54) is 4.90 Å². The van der Waals surface area contributed by atoms with Crippen LogP contribution in [0.5, 0.6) is 0 Å². The van der Waals surface area contributed by atoms with Gasteiger partial charge in [0.25, 0.3) is 0 Å². The second-order valence-corrected chi connectivity index (χ2v) is 6.78. The van der Waals surface area contributed by atoms with E-state index >= 15 is 0 Å². The molecule has 1 aromatic carbocycles. The summed E-state index contributed by atoms with van der Waals surface area (Å²) in [6.07, 6.45) is 5.05. The number of hydrogen-bond acceptors (Lipinski definition) is 6. The number of aromatic nitrogens is 3. The molecule has 1 amide bonds. The molecular weight excluding hydrogens is 348 g/mol. The van der Waals surface area contributed by atoms with E-state index in [0.717, 1.165) is 17.7 Å². The molecule has 0 saturated carbocycles. The lowest BCUT2D eigenvalue weighted by Gasteiger charge is -2.04. The highest BCUT2D eigenvalue weighted by Crippen LogP contribution is 2.17. The van der Waals surface area contributed by atoms with Crippen molar-refractivity contribution in [2.24, 2.45) is 0 Å². The molecule has 0 radical (unpaired) electrons. The average Bonchev–Trinajstić information content (AvgIpc) is 3.17. The van der Waals surface area contributed by atoms with Crippen LogP contribution in [-0.4, -0.2) is 33.3 Å². The number of thioether (sulfide) groups is 1. The Balaban J connectivity index is 1.32. The van der Waals surface area contributed by atoms with Gasteiger partial charge in [0.2, 0.25) is 17.6 Å². The molecule has 0 atom stereocenters. The summed E-state index contributed by atoms with van der Waals surface area (Å²) in [5.74, 6) is 1.95. The zero-order valence-electron chi connectivity index (χ0n) is 14.3. The fourth-order valence-electron chi connectivity index (χ4n) is 2.29. The van der Waals surface area contributed by atoms with Crippen molar-refractivity contribution in [3.8, 4) is 11.4 Å². The van der Waals surface area contributed by atoms with Crippen molar-refractivity contribution in [3.05, 3.63) is 60.7 Å². The zero-order chi connectivity index (χ0) is 18.0. The van der Waals surface area contributed by atoms with Crippen molar-refractivity contribution < 1.29 is 9.32 Å². The Kier molecular flexibility index (Phi) is 6.78. The van der Waals surface area contributed by atoms with Crippen molar-refractivity contribution in [2.75, 3.05) is 12.3 Å². The lowest BCUT2D eigenvalue weighted by Crippen LogP contribution is -2.25. The fourth-order valence-corrected chi connectivity index (χ4v) is 3.16. The molecule has 0 aliphatic heterocycles. The minimum absolute atomic E-state index is 0.00151. The van der Waals surface area contributed by atoms with Crippen LogP contribution in [0.15, 0.2) is 64.3 Å². The van der Waals surface area contributed by atoms with Crippen molar-refractivity contribution in [1.29, 1.82) is 0 Å². The predicted octanol–water partition coefficient (Wildman–Crippen LogP) is 3.36. The Bertz CT molecular complexity index is 809. The van der Waals surface area contributed by atoms with E-state index in [1.54, 1.807) is 24.2 Å². The molecule has 2 aromatic heterocycles. The number of nitrogens with zero attached hydrogens (tertiary/aromatic N) is 3. The number of nitrogens with one attached hydrogen (secondary N) is 1. The Morgan fingerprint density at radius 1 is 1.12 bits per heavy atom. The molecule has 26 heavy (non-hydrogen) atoms. The predicted molar refractivity (Wildman–Crippen MR) is 101 cm³/mol. The summed E-state index contributed by atoms with van der Waals surface area (Å²) in [7, 11) is 0. The van der Waals surface area contributed by atoms with Crippen LogP contribution in [0.2, 0.25) is 0 Å². The standard InChI is InChI=1S/C19H20N4O2S/c24-17(21-11-4-14-26-16-5-2-1-3-6-16)7-8-18-22-19(23-25-18)15-9-12-20-13-10-15/h1-3,5-6,9-10,12-13H,4,7-8,11,14H2,(H,21,24). The van der Waals surface area contributed by atoms with E-state index in [2.05, 4.69) is 32.6 Å². The lowest BCUT2D eigenvalue weighted by atomic mass is 10.2. The highest BCUT2D eigenvalue weighted by molar-refractivity contribution is 7.99. The Morgan fingerprint density at radius 3 is 2.73 bits per heavy atom. The molecule has 0 fully saturated rings. The highest BCUT2D eigenvalue weighted by Gasteiger charge is 2.10. The van der Waals surface area contributed by atoms with E-state index in [0.29, 0.717) is 31.1 Å². The highest BCUT2D eigenvalue weighted by atomic mass is 32.2. The maximum atomic E-state index is 11.9. The molecule has 0 aliphatic rings. The van der Waals surface area contributed by atoms with Gasteiger partial charge in [-0.05, 0) is 36.4 Å². The monoisotopic (exact) mass is 368 g/mol.